The van der Waals surface area contributed by atoms with E-state index in [1.807, 2.05) is 6.07 Å². The number of para-hydroxylation sites is 2. The molecule has 3 aromatic rings. The van der Waals surface area contributed by atoms with Gasteiger partial charge in [-0.15, -0.1) is 0 Å². The summed E-state index contributed by atoms with van der Waals surface area (Å²) in [7, 11) is 0. The number of hydrogen-bond donors (Lipinski definition) is 1. The van der Waals surface area contributed by atoms with Crippen molar-refractivity contribution in [3.63, 3.8) is 0 Å². The summed E-state index contributed by atoms with van der Waals surface area (Å²) in [5, 5.41) is 10.1. The molecule has 0 saturated carbocycles. The van der Waals surface area contributed by atoms with E-state index in [4.69, 9.17) is 4.98 Å². The number of aromatic nitrogens is 2. The van der Waals surface area contributed by atoms with Gasteiger partial charge in [-0.05, 0) is 43.0 Å². The van der Waals surface area contributed by atoms with Crippen LogP contribution in [0.5, 0.6) is 0 Å². The smallest absolute Gasteiger partial charge is 0.206 e. The maximum atomic E-state index is 10.1. The highest BCUT2D eigenvalue weighted by atomic mass is 16.3. The van der Waals surface area contributed by atoms with E-state index in [0.29, 0.717) is 6.54 Å². The molecule has 2 heterocycles. The zero-order chi connectivity index (χ0) is 16.5. The lowest BCUT2D eigenvalue weighted by molar-refractivity contribution is 0.153. The first kappa shape index (κ1) is 15.2. The van der Waals surface area contributed by atoms with Gasteiger partial charge in [-0.25, -0.2) is 4.98 Å². The van der Waals surface area contributed by atoms with Crippen molar-refractivity contribution in [2.45, 2.75) is 32.4 Å². The second kappa shape index (κ2) is 6.29. The van der Waals surface area contributed by atoms with Crippen molar-refractivity contribution in [3.05, 3.63) is 59.7 Å². The average Bonchev–Trinajstić information content (AvgIpc) is 2.96. The van der Waals surface area contributed by atoms with E-state index >= 15 is 0 Å². The largest absolute Gasteiger partial charge is 0.391 e. The van der Waals surface area contributed by atoms with E-state index in [2.05, 4.69) is 58.9 Å². The summed E-state index contributed by atoms with van der Waals surface area (Å²) in [6.07, 6.45) is 1.63. The van der Waals surface area contributed by atoms with Gasteiger partial charge in [-0.2, -0.15) is 0 Å². The second-order valence-electron chi connectivity index (χ2n) is 6.66. The van der Waals surface area contributed by atoms with Gasteiger partial charge < -0.3 is 14.6 Å². The minimum atomic E-state index is -0.259. The summed E-state index contributed by atoms with van der Waals surface area (Å²) in [5.74, 6) is 0.971. The number of aliphatic hydroxyl groups is 1. The lowest BCUT2D eigenvalue weighted by Gasteiger charge is -2.31. The number of hydrogen-bond acceptors (Lipinski definition) is 3. The maximum Gasteiger partial charge on any atom is 0.206 e. The fraction of sp³-hybridized carbons (Fsp3) is 0.350. The van der Waals surface area contributed by atoms with Crippen molar-refractivity contribution in [3.8, 4) is 0 Å². The van der Waals surface area contributed by atoms with Crippen LogP contribution in [0.1, 0.15) is 24.0 Å². The van der Waals surface area contributed by atoms with E-state index in [1.54, 1.807) is 0 Å². The maximum absolute atomic E-state index is 10.1. The molecule has 1 aromatic heterocycles. The van der Waals surface area contributed by atoms with E-state index in [9.17, 15) is 5.11 Å². The van der Waals surface area contributed by atoms with E-state index in [-0.39, 0.29) is 6.10 Å². The molecular weight excluding hydrogens is 298 g/mol. The van der Waals surface area contributed by atoms with Crippen molar-refractivity contribution in [1.82, 2.24) is 9.55 Å². The van der Waals surface area contributed by atoms with Crippen molar-refractivity contribution >= 4 is 17.0 Å². The standard InChI is InChI=1S/C20H23N3O/c1-15-7-2-3-8-16(15)13-23-19-11-5-4-10-18(19)21-20(23)22-12-6-9-17(24)14-22/h2-5,7-8,10-11,17,24H,6,9,12-14H2,1H3. The van der Waals surface area contributed by atoms with Gasteiger partial charge >= 0.3 is 0 Å². The number of nitrogens with zero attached hydrogens (tertiary/aromatic N) is 3. The lowest BCUT2D eigenvalue weighted by Crippen LogP contribution is -2.39. The van der Waals surface area contributed by atoms with Gasteiger partial charge in [0.2, 0.25) is 5.95 Å². The Balaban J connectivity index is 1.80. The second-order valence-corrected chi connectivity index (χ2v) is 6.66. The van der Waals surface area contributed by atoms with Crippen molar-refractivity contribution in [2.24, 2.45) is 0 Å². The predicted molar refractivity (Wildman–Crippen MR) is 97.5 cm³/mol. The molecule has 0 bridgehead atoms. The molecule has 0 amide bonds. The molecule has 1 aliphatic rings. The Morgan fingerprint density at radius 1 is 1.12 bits per heavy atom. The van der Waals surface area contributed by atoms with Gasteiger partial charge in [0.25, 0.3) is 0 Å². The first-order valence-corrected chi connectivity index (χ1v) is 8.65. The SMILES string of the molecule is Cc1ccccc1Cn1c(N2CCCC(O)C2)nc2ccccc21. The van der Waals surface area contributed by atoms with Crippen LogP contribution in [-0.2, 0) is 6.54 Å². The van der Waals surface area contributed by atoms with Crippen LogP contribution in [0.25, 0.3) is 11.0 Å². The number of aliphatic hydroxyl groups excluding tert-OH is 1. The van der Waals surface area contributed by atoms with Gasteiger partial charge in [-0.1, -0.05) is 36.4 Å². The zero-order valence-corrected chi connectivity index (χ0v) is 14.0. The Morgan fingerprint density at radius 3 is 2.75 bits per heavy atom. The Morgan fingerprint density at radius 2 is 1.92 bits per heavy atom. The molecule has 0 aliphatic carbocycles. The normalized spacial score (nSPS) is 18.2. The Labute approximate surface area is 142 Å². The highest BCUT2D eigenvalue weighted by Crippen LogP contribution is 2.27. The number of β-amino-alcohol motifs (C(OH)–C–C–N with tert-alkyl or cyclic N) is 1. The van der Waals surface area contributed by atoms with Gasteiger partial charge in [0.05, 0.1) is 23.7 Å². The first-order valence-electron chi connectivity index (χ1n) is 8.65. The van der Waals surface area contributed by atoms with Gasteiger partial charge in [0, 0.05) is 13.1 Å². The Hall–Kier alpha value is -2.33. The minimum absolute atomic E-state index is 0.259. The van der Waals surface area contributed by atoms with Crippen LogP contribution in [0.4, 0.5) is 5.95 Å². The molecule has 1 atom stereocenters. The third-order valence-corrected chi connectivity index (χ3v) is 4.90. The summed E-state index contributed by atoms with van der Waals surface area (Å²) in [6, 6.07) is 16.8. The summed E-state index contributed by atoms with van der Waals surface area (Å²) in [4.78, 5) is 7.10. The van der Waals surface area contributed by atoms with Crippen LogP contribution in [0.2, 0.25) is 0 Å². The van der Waals surface area contributed by atoms with E-state index < -0.39 is 0 Å². The molecule has 1 fully saturated rings. The topological polar surface area (TPSA) is 41.3 Å². The zero-order valence-electron chi connectivity index (χ0n) is 14.0. The van der Waals surface area contributed by atoms with Crippen LogP contribution >= 0.6 is 0 Å². The molecule has 1 unspecified atom stereocenters. The summed E-state index contributed by atoms with van der Waals surface area (Å²) < 4.78 is 2.29. The molecule has 1 saturated heterocycles. The monoisotopic (exact) mass is 321 g/mol. The average molecular weight is 321 g/mol. The van der Waals surface area contributed by atoms with Crippen LogP contribution < -0.4 is 4.90 Å². The number of imidazole rings is 1. The minimum Gasteiger partial charge on any atom is -0.391 e. The molecule has 1 aliphatic heterocycles. The number of fused-ring (bicyclic) bond motifs is 1. The molecule has 24 heavy (non-hydrogen) atoms. The molecule has 2 aromatic carbocycles. The van der Waals surface area contributed by atoms with Crippen molar-refractivity contribution in [2.75, 3.05) is 18.0 Å². The summed E-state index contributed by atoms with van der Waals surface area (Å²) >= 11 is 0. The first-order chi connectivity index (χ1) is 11.7. The summed E-state index contributed by atoms with van der Waals surface area (Å²) in [5.41, 5.74) is 4.76. The highest BCUT2D eigenvalue weighted by molar-refractivity contribution is 5.79. The lowest BCUT2D eigenvalue weighted by atomic mass is 10.1. The molecule has 124 valence electrons. The predicted octanol–water partition coefficient (Wildman–Crippen LogP) is 3.35. The van der Waals surface area contributed by atoms with Crippen LogP contribution in [0, 0.1) is 6.92 Å². The molecule has 4 heteroatoms. The third kappa shape index (κ3) is 2.78. The van der Waals surface area contributed by atoms with Crippen LogP contribution in [0.15, 0.2) is 48.5 Å². The number of piperidine rings is 1. The quantitative estimate of drug-likeness (QED) is 0.804. The van der Waals surface area contributed by atoms with E-state index in [0.717, 1.165) is 42.9 Å². The number of rotatable bonds is 3. The fourth-order valence-electron chi connectivity index (χ4n) is 3.55. The number of benzene rings is 2. The molecule has 0 radical (unpaired) electrons. The molecule has 0 spiro atoms. The van der Waals surface area contributed by atoms with Crippen LogP contribution in [-0.4, -0.2) is 33.9 Å². The Kier molecular flexibility index (Phi) is 3.98. The number of aryl methyl sites for hydroxylation is 1. The van der Waals surface area contributed by atoms with Crippen LogP contribution in [0.3, 0.4) is 0 Å². The highest BCUT2D eigenvalue weighted by Gasteiger charge is 2.23. The molecule has 1 N–H and O–H groups in total. The molecule has 4 nitrogen and oxygen atoms in total. The summed E-state index contributed by atoms with van der Waals surface area (Å²) in [6.45, 7) is 4.57. The number of anilines is 1. The van der Waals surface area contributed by atoms with Crippen molar-refractivity contribution in [1.29, 1.82) is 0 Å². The van der Waals surface area contributed by atoms with Gasteiger partial charge in [-0.3, -0.25) is 0 Å². The Bertz CT molecular complexity index is 855. The van der Waals surface area contributed by atoms with Gasteiger partial charge in [0.15, 0.2) is 0 Å². The molecular formula is C20H23N3O. The third-order valence-electron chi connectivity index (χ3n) is 4.90. The van der Waals surface area contributed by atoms with Gasteiger partial charge in [0.1, 0.15) is 0 Å². The van der Waals surface area contributed by atoms with E-state index in [1.165, 1.54) is 11.1 Å². The molecule has 4 rings (SSSR count). The van der Waals surface area contributed by atoms with Crippen molar-refractivity contribution < 1.29 is 5.11 Å². The fourth-order valence-corrected chi connectivity index (χ4v) is 3.55.